The van der Waals surface area contributed by atoms with Crippen molar-refractivity contribution in [2.45, 2.75) is 38.2 Å². The second-order valence-corrected chi connectivity index (χ2v) is 6.02. The first-order valence-electron chi connectivity index (χ1n) is 7.03. The fourth-order valence-corrected chi connectivity index (χ4v) is 2.48. The fraction of sp³-hybridized carbons (Fsp3) is 0.714. The highest BCUT2D eigenvalue weighted by atomic mass is 16.5. The van der Waals surface area contributed by atoms with E-state index in [1.54, 1.807) is 0 Å². The number of aromatic nitrogens is 2. The first kappa shape index (κ1) is 12.7. The zero-order valence-corrected chi connectivity index (χ0v) is 11.9. The maximum atomic E-state index is 5.76. The highest BCUT2D eigenvalue weighted by Gasteiger charge is 2.31. The Kier molecular flexibility index (Phi) is 3.09. The summed E-state index contributed by atoms with van der Waals surface area (Å²) in [5.74, 6) is 3.50. The Hall–Kier alpha value is -1.36. The molecule has 104 valence electrons. The largest absolute Gasteiger partial charge is 0.373 e. The van der Waals surface area contributed by atoms with Crippen molar-refractivity contribution >= 4 is 11.6 Å². The van der Waals surface area contributed by atoms with Crippen molar-refractivity contribution in [1.29, 1.82) is 0 Å². The number of anilines is 2. The number of hydrogen-bond donors (Lipinski definition) is 1. The number of morpholine rings is 1. The smallest absolute Gasteiger partial charge is 0.136 e. The number of ether oxygens (including phenoxy) is 1. The van der Waals surface area contributed by atoms with Gasteiger partial charge < -0.3 is 15.0 Å². The molecule has 1 aromatic heterocycles. The van der Waals surface area contributed by atoms with E-state index in [4.69, 9.17) is 9.72 Å². The molecule has 2 fully saturated rings. The highest BCUT2D eigenvalue weighted by molar-refractivity contribution is 5.50. The van der Waals surface area contributed by atoms with Crippen LogP contribution in [0.2, 0.25) is 0 Å². The Labute approximate surface area is 114 Å². The molecule has 0 radical (unpaired) electrons. The predicted octanol–water partition coefficient (Wildman–Crippen LogP) is 2.01. The summed E-state index contributed by atoms with van der Waals surface area (Å²) in [6, 6.07) is 2.04. The van der Waals surface area contributed by atoms with Crippen LogP contribution in [0.5, 0.6) is 0 Å². The molecule has 0 spiro atoms. The Balaban J connectivity index is 1.88. The minimum absolute atomic E-state index is 0.108. The van der Waals surface area contributed by atoms with E-state index in [0.717, 1.165) is 37.2 Å². The number of nitrogens with zero attached hydrogens (tertiary/aromatic N) is 3. The standard InChI is InChI=1S/C14H22N4O/c1-14(2)9-18(6-7-19-14)12-8-11(15-3)16-13(17-12)10-4-5-10/h8,10H,4-7,9H2,1-3H3,(H,15,16,17). The van der Waals surface area contributed by atoms with Crippen molar-refractivity contribution in [2.75, 3.05) is 37.0 Å². The van der Waals surface area contributed by atoms with Gasteiger partial charge in [-0.3, -0.25) is 0 Å². The SMILES string of the molecule is CNc1cc(N2CCOC(C)(C)C2)nc(C2CC2)n1. The summed E-state index contributed by atoms with van der Waals surface area (Å²) in [5.41, 5.74) is -0.108. The first-order valence-corrected chi connectivity index (χ1v) is 7.03. The van der Waals surface area contributed by atoms with Crippen LogP contribution in [0.15, 0.2) is 6.07 Å². The molecular weight excluding hydrogens is 240 g/mol. The Morgan fingerprint density at radius 1 is 1.37 bits per heavy atom. The van der Waals surface area contributed by atoms with Gasteiger partial charge in [0, 0.05) is 32.1 Å². The van der Waals surface area contributed by atoms with Gasteiger partial charge in [-0.2, -0.15) is 0 Å². The van der Waals surface area contributed by atoms with E-state index < -0.39 is 0 Å². The van der Waals surface area contributed by atoms with Crippen molar-refractivity contribution in [1.82, 2.24) is 9.97 Å². The van der Waals surface area contributed by atoms with E-state index in [1.165, 1.54) is 12.8 Å². The molecule has 1 aromatic rings. The minimum atomic E-state index is -0.108. The summed E-state index contributed by atoms with van der Waals surface area (Å²) in [6.45, 7) is 6.78. The van der Waals surface area contributed by atoms with Gasteiger partial charge in [-0.25, -0.2) is 9.97 Å². The van der Waals surface area contributed by atoms with Crippen molar-refractivity contribution in [3.8, 4) is 0 Å². The maximum absolute atomic E-state index is 5.76. The summed E-state index contributed by atoms with van der Waals surface area (Å²) in [7, 11) is 1.91. The summed E-state index contributed by atoms with van der Waals surface area (Å²) in [6.07, 6.45) is 2.45. The Morgan fingerprint density at radius 2 is 2.16 bits per heavy atom. The molecule has 0 bridgehead atoms. The third-order valence-electron chi connectivity index (χ3n) is 3.68. The number of rotatable bonds is 3. The van der Waals surface area contributed by atoms with Crippen molar-refractivity contribution < 1.29 is 4.74 Å². The third kappa shape index (κ3) is 2.81. The fourth-order valence-electron chi connectivity index (χ4n) is 2.48. The lowest BCUT2D eigenvalue weighted by Gasteiger charge is -2.38. The van der Waals surface area contributed by atoms with Crippen LogP contribution in [-0.2, 0) is 4.74 Å². The summed E-state index contributed by atoms with van der Waals surface area (Å²) >= 11 is 0. The van der Waals surface area contributed by atoms with Crippen LogP contribution in [0, 0.1) is 0 Å². The highest BCUT2D eigenvalue weighted by Crippen LogP contribution is 2.39. The van der Waals surface area contributed by atoms with Crippen molar-refractivity contribution in [2.24, 2.45) is 0 Å². The molecule has 0 atom stereocenters. The lowest BCUT2D eigenvalue weighted by Crippen LogP contribution is -2.48. The number of hydrogen-bond acceptors (Lipinski definition) is 5. The predicted molar refractivity (Wildman–Crippen MR) is 75.8 cm³/mol. The zero-order valence-electron chi connectivity index (χ0n) is 11.9. The molecule has 19 heavy (non-hydrogen) atoms. The average Bonchev–Trinajstić information content (AvgIpc) is 3.21. The molecule has 3 rings (SSSR count). The van der Waals surface area contributed by atoms with E-state index in [9.17, 15) is 0 Å². The van der Waals surface area contributed by atoms with Gasteiger partial charge in [0.2, 0.25) is 0 Å². The molecule has 1 aliphatic heterocycles. The molecule has 0 amide bonds. The third-order valence-corrected chi connectivity index (χ3v) is 3.68. The quantitative estimate of drug-likeness (QED) is 0.903. The van der Waals surface area contributed by atoms with Gasteiger partial charge in [-0.1, -0.05) is 0 Å². The molecule has 0 aromatic carbocycles. The Morgan fingerprint density at radius 3 is 2.79 bits per heavy atom. The van der Waals surface area contributed by atoms with E-state index in [2.05, 4.69) is 29.0 Å². The van der Waals surface area contributed by atoms with Crippen LogP contribution in [0.1, 0.15) is 38.4 Å². The lowest BCUT2D eigenvalue weighted by molar-refractivity contribution is -0.0279. The first-order chi connectivity index (χ1) is 9.07. The molecule has 5 heteroatoms. The molecule has 1 N–H and O–H groups in total. The van der Waals surface area contributed by atoms with Crippen LogP contribution in [0.4, 0.5) is 11.6 Å². The minimum Gasteiger partial charge on any atom is -0.373 e. The average molecular weight is 262 g/mol. The van der Waals surface area contributed by atoms with Crippen LogP contribution < -0.4 is 10.2 Å². The molecule has 2 aliphatic rings. The second kappa shape index (κ2) is 4.63. The molecule has 5 nitrogen and oxygen atoms in total. The van der Waals surface area contributed by atoms with Gasteiger partial charge in [0.1, 0.15) is 17.5 Å². The van der Waals surface area contributed by atoms with Crippen LogP contribution in [0.3, 0.4) is 0 Å². The van der Waals surface area contributed by atoms with Crippen LogP contribution >= 0.6 is 0 Å². The monoisotopic (exact) mass is 262 g/mol. The lowest BCUT2D eigenvalue weighted by atomic mass is 10.1. The van der Waals surface area contributed by atoms with E-state index in [1.807, 2.05) is 13.1 Å². The Bertz CT molecular complexity index is 471. The van der Waals surface area contributed by atoms with Gasteiger partial charge in [-0.05, 0) is 26.7 Å². The summed E-state index contributed by atoms with van der Waals surface area (Å²) < 4.78 is 5.76. The maximum Gasteiger partial charge on any atom is 0.136 e. The van der Waals surface area contributed by atoms with E-state index >= 15 is 0 Å². The molecule has 1 aliphatic carbocycles. The normalized spacial score (nSPS) is 22.4. The topological polar surface area (TPSA) is 50.3 Å². The summed E-state index contributed by atoms with van der Waals surface area (Å²) in [4.78, 5) is 11.6. The van der Waals surface area contributed by atoms with Gasteiger partial charge in [0.05, 0.1) is 12.2 Å². The van der Waals surface area contributed by atoms with E-state index in [0.29, 0.717) is 5.92 Å². The second-order valence-electron chi connectivity index (χ2n) is 6.02. The molecule has 0 unspecified atom stereocenters. The van der Waals surface area contributed by atoms with Crippen molar-refractivity contribution in [3.05, 3.63) is 11.9 Å². The zero-order chi connectivity index (χ0) is 13.5. The number of nitrogens with one attached hydrogen (secondary N) is 1. The van der Waals surface area contributed by atoms with Crippen LogP contribution in [-0.4, -0.2) is 42.3 Å². The van der Waals surface area contributed by atoms with Crippen molar-refractivity contribution in [3.63, 3.8) is 0 Å². The molecular formula is C14H22N4O. The van der Waals surface area contributed by atoms with Gasteiger partial charge in [0.25, 0.3) is 0 Å². The molecule has 1 saturated heterocycles. The van der Waals surface area contributed by atoms with E-state index in [-0.39, 0.29) is 5.60 Å². The molecule has 2 heterocycles. The van der Waals surface area contributed by atoms with Gasteiger partial charge in [-0.15, -0.1) is 0 Å². The summed E-state index contributed by atoms with van der Waals surface area (Å²) in [5, 5.41) is 3.14. The van der Waals surface area contributed by atoms with Gasteiger partial charge >= 0.3 is 0 Å². The molecule has 1 saturated carbocycles. The van der Waals surface area contributed by atoms with Gasteiger partial charge in [0.15, 0.2) is 0 Å². The van der Waals surface area contributed by atoms with Crippen LogP contribution in [0.25, 0.3) is 0 Å².